The maximum Gasteiger partial charge on any atom is 0.257 e. The Morgan fingerprint density at radius 3 is 2.36 bits per heavy atom. The number of amides is 1. The fourth-order valence-electron chi connectivity index (χ4n) is 4.04. The molecule has 1 aliphatic heterocycles. The summed E-state index contributed by atoms with van der Waals surface area (Å²) in [6.07, 6.45) is 0. The maximum absolute atomic E-state index is 12.5. The summed E-state index contributed by atoms with van der Waals surface area (Å²) in [5.41, 5.74) is 3.51. The first-order chi connectivity index (χ1) is 17.4. The molecule has 0 atom stereocenters. The number of carbonyl (C=O) groups excluding carboxylic acids is 1. The van der Waals surface area contributed by atoms with Crippen molar-refractivity contribution in [1.29, 1.82) is 0 Å². The Morgan fingerprint density at radius 2 is 1.69 bits per heavy atom. The van der Waals surface area contributed by atoms with Crippen molar-refractivity contribution in [2.24, 2.45) is 0 Å². The van der Waals surface area contributed by atoms with E-state index in [1.807, 2.05) is 37.3 Å². The van der Waals surface area contributed by atoms with Crippen molar-refractivity contribution in [3.8, 4) is 5.75 Å². The largest absolute Gasteiger partial charge is 0.492 e. The minimum Gasteiger partial charge on any atom is -0.492 e. The second-order valence-electron chi connectivity index (χ2n) is 8.39. The molecule has 1 amide bonds. The highest BCUT2D eigenvalue weighted by Gasteiger charge is 2.18. The minimum atomic E-state index is -0.344. The highest BCUT2D eigenvalue weighted by atomic mass is 35.5. The Kier molecular flexibility index (Phi) is 9.04. The molecule has 3 aromatic carbocycles. The van der Waals surface area contributed by atoms with Crippen LogP contribution in [-0.4, -0.2) is 48.7 Å². The monoisotopic (exact) mass is 542 g/mol. The first kappa shape index (κ1) is 26.2. The number of piperazine rings is 1. The van der Waals surface area contributed by atoms with Gasteiger partial charge in [-0.1, -0.05) is 41.4 Å². The topological polar surface area (TPSA) is 56.8 Å². The van der Waals surface area contributed by atoms with Gasteiger partial charge in [0.2, 0.25) is 0 Å². The molecule has 1 fully saturated rings. The zero-order valence-electron chi connectivity index (χ0n) is 20.0. The van der Waals surface area contributed by atoms with E-state index in [0.717, 1.165) is 54.7 Å². The molecule has 2 N–H and O–H groups in total. The second-order valence-corrected chi connectivity index (χ2v) is 9.61. The van der Waals surface area contributed by atoms with Crippen molar-refractivity contribution in [2.45, 2.75) is 13.5 Å². The van der Waals surface area contributed by atoms with Gasteiger partial charge < -0.3 is 15.0 Å². The lowest BCUT2D eigenvalue weighted by molar-refractivity contribution is 0.0977. The number of thiocarbonyl (C=S) groups is 1. The first-order valence-corrected chi connectivity index (χ1v) is 12.9. The summed E-state index contributed by atoms with van der Waals surface area (Å²) in [6.45, 7) is 7.05. The molecule has 9 heteroatoms. The van der Waals surface area contributed by atoms with Gasteiger partial charge in [0.25, 0.3) is 5.91 Å². The molecule has 0 unspecified atom stereocenters. The van der Waals surface area contributed by atoms with Crippen molar-refractivity contribution >= 4 is 57.8 Å². The van der Waals surface area contributed by atoms with Crippen molar-refractivity contribution < 1.29 is 9.53 Å². The molecule has 0 bridgehead atoms. The number of halogens is 2. The second kappa shape index (κ2) is 12.4. The summed E-state index contributed by atoms with van der Waals surface area (Å²) in [4.78, 5) is 17.3. The van der Waals surface area contributed by atoms with Crippen molar-refractivity contribution in [3.05, 3.63) is 87.9 Å². The molecule has 1 saturated heterocycles. The van der Waals surface area contributed by atoms with Crippen molar-refractivity contribution in [2.75, 3.05) is 43.0 Å². The average molecular weight is 544 g/mol. The van der Waals surface area contributed by atoms with Gasteiger partial charge >= 0.3 is 0 Å². The van der Waals surface area contributed by atoms with Crippen LogP contribution in [0.4, 0.5) is 11.4 Å². The Hall–Kier alpha value is -2.84. The number of ether oxygens (including phenoxy) is 1. The van der Waals surface area contributed by atoms with E-state index < -0.39 is 0 Å². The lowest BCUT2D eigenvalue weighted by Gasteiger charge is -2.36. The van der Waals surface area contributed by atoms with Crippen LogP contribution in [0.5, 0.6) is 5.75 Å². The molecule has 0 aromatic heterocycles. The molecule has 36 heavy (non-hydrogen) atoms. The summed E-state index contributed by atoms with van der Waals surface area (Å²) < 4.78 is 5.41. The van der Waals surface area contributed by atoms with E-state index in [-0.39, 0.29) is 11.0 Å². The predicted molar refractivity (Wildman–Crippen MR) is 152 cm³/mol. The molecule has 1 aliphatic rings. The number of carbonyl (C=O) groups is 1. The fraction of sp³-hybridized carbons (Fsp3) is 0.259. The zero-order chi connectivity index (χ0) is 25.5. The molecule has 188 valence electrons. The number of hydrogen-bond acceptors (Lipinski definition) is 5. The van der Waals surface area contributed by atoms with Gasteiger partial charge in [0, 0.05) is 54.7 Å². The molecule has 3 aromatic rings. The minimum absolute atomic E-state index is 0.214. The molecule has 0 radical (unpaired) electrons. The smallest absolute Gasteiger partial charge is 0.257 e. The third kappa shape index (κ3) is 6.89. The number of benzene rings is 3. The third-order valence-corrected chi connectivity index (χ3v) is 6.80. The first-order valence-electron chi connectivity index (χ1n) is 11.8. The normalized spacial score (nSPS) is 13.8. The van der Waals surface area contributed by atoms with Crippen molar-refractivity contribution in [3.63, 3.8) is 0 Å². The summed E-state index contributed by atoms with van der Waals surface area (Å²) in [7, 11) is 0. The Morgan fingerprint density at radius 1 is 0.972 bits per heavy atom. The molecular weight excluding hydrogens is 515 g/mol. The van der Waals surface area contributed by atoms with E-state index in [1.54, 1.807) is 18.2 Å². The van der Waals surface area contributed by atoms with Crippen LogP contribution in [-0.2, 0) is 6.54 Å². The molecule has 4 rings (SSSR count). The number of hydrogen-bond donors (Lipinski definition) is 2. The predicted octanol–water partition coefficient (Wildman–Crippen LogP) is 5.84. The molecule has 6 nitrogen and oxygen atoms in total. The zero-order valence-corrected chi connectivity index (χ0v) is 22.3. The number of rotatable bonds is 7. The number of nitrogens with one attached hydrogen (secondary N) is 2. The van der Waals surface area contributed by atoms with Crippen LogP contribution >= 0.6 is 35.4 Å². The van der Waals surface area contributed by atoms with E-state index in [4.69, 9.17) is 40.2 Å². The standard InChI is InChI=1S/C27H28Cl2N4O2S/c1-2-35-25-12-7-19(17-24(25)29)26(34)31-27(36)30-21-8-10-22(11-9-21)33-15-13-32(14-16-33)18-20-5-3-4-6-23(20)28/h3-12,17H,2,13-16,18H2,1H3,(H2,30,31,34,36). The SMILES string of the molecule is CCOc1ccc(C(=O)NC(=S)Nc2ccc(N3CCN(Cc4ccccc4Cl)CC3)cc2)cc1Cl. The Labute approximate surface area is 227 Å². The number of nitrogens with zero attached hydrogens (tertiary/aromatic N) is 2. The molecule has 0 aliphatic carbocycles. The third-order valence-electron chi connectivity index (χ3n) is 5.94. The van der Waals surface area contributed by atoms with Crippen LogP contribution < -0.4 is 20.3 Å². The van der Waals surface area contributed by atoms with Gasteiger partial charge in [-0.25, -0.2) is 0 Å². The molecule has 0 saturated carbocycles. The van der Waals surface area contributed by atoms with E-state index in [0.29, 0.717) is 22.9 Å². The van der Waals surface area contributed by atoms with Gasteiger partial charge in [-0.3, -0.25) is 15.0 Å². The molecule has 0 spiro atoms. The van der Waals surface area contributed by atoms with Gasteiger partial charge in [0.1, 0.15) is 5.75 Å². The Bertz CT molecular complexity index is 1210. The maximum atomic E-state index is 12.5. The molecular formula is C27H28Cl2N4O2S. The fourth-order valence-corrected chi connectivity index (χ4v) is 4.68. The van der Waals surface area contributed by atoms with Crippen LogP contribution in [0.15, 0.2) is 66.7 Å². The summed E-state index contributed by atoms with van der Waals surface area (Å²) in [5.74, 6) is 0.197. The van der Waals surface area contributed by atoms with E-state index in [2.05, 4.69) is 38.6 Å². The van der Waals surface area contributed by atoms with Gasteiger partial charge in [-0.05, 0) is 73.2 Å². The lowest BCUT2D eigenvalue weighted by atomic mass is 10.2. The highest BCUT2D eigenvalue weighted by Crippen LogP contribution is 2.26. The lowest BCUT2D eigenvalue weighted by Crippen LogP contribution is -2.46. The van der Waals surface area contributed by atoms with Gasteiger partial charge in [-0.15, -0.1) is 0 Å². The summed E-state index contributed by atoms with van der Waals surface area (Å²) in [5, 5.41) is 7.16. The summed E-state index contributed by atoms with van der Waals surface area (Å²) in [6, 6.07) is 20.9. The summed E-state index contributed by atoms with van der Waals surface area (Å²) >= 11 is 17.8. The van der Waals surface area contributed by atoms with Gasteiger partial charge in [-0.2, -0.15) is 0 Å². The number of anilines is 2. The Balaban J connectivity index is 1.26. The molecule has 1 heterocycles. The quantitative estimate of drug-likeness (QED) is 0.365. The average Bonchev–Trinajstić information content (AvgIpc) is 2.87. The van der Waals surface area contributed by atoms with E-state index in [1.165, 1.54) is 0 Å². The van der Waals surface area contributed by atoms with Crippen molar-refractivity contribution in [1.82, 2.24) is 10.2 Å². The van der Waals surface area contributed by atoms with Crippen LogP contribution in [0.2, 0.25) is 10.0 Å². The van der Waals surface area contributed by atoms with E-state index in [9.17, 15) is 4.79 Å². The van der Waals surface area contributed by atoms with Gasteiger partial charge in [0.05, 0.1) is 11.6 Å². The van der Waals surface area contributed by atoms with E-state index >= 15 is 0 Å². The van der Waals surface area contributed by atoms with Crippen LogP contribution in [0.3, 0.4) is 0 Å². The van der Waals surface area contributed by atoms with Crippen LogP contribution in [0.25, 0.3) is 0 Å². The van der Waals surface area contributed by atoms with Crippen LogP contribution in [0, 0.1) is 0 Å². The van der Waals surface area contributed by atoms with Crippen LogP contribution in [0.1, 0.15) is 22.8 Å². The highest BCUT2D eigenvalue weighted by molar-refractivity contribution is 7.80. The van der Waals surface area contributed by atoms with Gasteiger partial charge in [0.15, 0.2) is 5.11 Å².